The zero-order chi connectivity index (χ0) is 8.48. The number of hydrogen-bond acceptors (Lipinski definition) is 4. The van der Waals surface area contributed by atoms with Gasteiger partial charge in [-0.2, -0.15) is 0 Å². The van der Waals surface area contributed by atoms with Gasteiger partial charge in [-0.1, -0.05) is 12.1 Å². The van der Waals surface area contributed by atoms with Crippen molar-refractivity contribution in [2.75, 3.05) is 0 Å². The van der Waals surface area contributed by atoms with E-state index in [0.717, 1.165) is 12.1 Å². The zero-order valence-electron chi connectivity index (χ0n) is 5.69. The van der Waals surface area contributed by atoms with E-state index in [2.05, 4.69) is 0 Å². The largest absolute Gasteiger partial charge is 1.00 e. The Hall–Kier alpha value is -0.551. The van der Waals surface area contributed by atoms with Crippen LogP contribution < -0.4 is 0 Å². The average molecular weight is 237 g/mol. The summed E-state index contributed by atoms with van der Waals surface area (Å²) in [6.45, 7) is 0. The van der Waals surface area contributed by atoms with Gasteiger partial charge in [0, 0.05) is 0 Å². The van der Waals surface area contributed by atoms with E-state index < -0.39 is 20.8 Å². The van der Waals surface area contributed by atoms with Gasteiger partial charge in [-0.3, -0.25) is 0 Å². The van der Waals surface area contributed by atoms with Crippen LogP contribution in [0.3, 0.4) is 0 Å². The summed E-state index contributed by atoms with van der Waals surface area (Å²) < 4.78 is 31.0. The van der Waals surface area contributed by atoms with Crippen molar-refractivity contribution >= 4 is 10.1 Å². The molecule has 0 saturated carbocycles. The van der Waals surface area contributed by atoms with E-state index in [1.807, 2.05) is 0 Å². The van der Waals surface area contributed by atoms with Crippen molar-refractivity contribution in [2.24, 2.45) is 0 Å². The van der Waals surface area contributed by atoms with Crippen LogP contribution in [0.5, 0.6) is 5.75 Å². The fourth-order valence-corrected chi connectivity index (χ4v) is 1.24. The first-order valence-electron chi connectivity index (χ1n) is 2.76. The fourth-order valence-electron chi connectivity index (χ4n) is 0.669. The number of benzene rings is 1. The molecule has 0 aliphatic heterocycles. The molecule has 1 aromatic rings. The van der Waals surface area contributed by atoms with E-state index in [1.54, 1.807) is 0 Å². The molecule has 6 heteroatoms. The summed E-state index contributed by atoms with van der Waals surface area (Å²) in [4.78, 5) is -0.583. The maximum Gasteiger partial charge on any atom is 1.00 e. The summed E-state index contributed by atoms with van der Waals surface area (Å²) in [5, 5.41) is 8.87. The molecular weight excluding hydrogens is 232 g/mol. The van der Waals surface area contributed by atoms with Gasteiger partial charge in [-0.25, -0.2) is 8.42 Å². The van der Waals surface area contributed by atoms with E-state index in [9.17, 15) is 13.0 Å². The second kappa shape index (κ2) is 3.91. The van der Waals surface area contributed by atoms with Crippen LogP contribution >= 0.6 is 0 Å². The van der Waals surface area contributed by atoms with Gasteiger partial charge in [-0.15, -0.1) is 0 Å². The first-order valence-corrected chi connectivity index (χ1v) is 4.16. The van der Waals surface area contributed by atoms with Gasteiger partial charge in [0.15, 0.2) is 0 Å². The Morgan fingerprint density at radius 2 is 1.75 bits per heavy atom. The number of para-hydroxylation sites is 1. The summed E-state index contributed by atoms with van der Waals surface area (Å²) in [6.07, 6.45) is 0. The van der Waals surface area contributed by atoms with Gasteiger partial charge in [-0.05, 0) is 12.1 Å². The van der Waals surface area contributed by atoms with E-state index >= 15 is 0 Å². The van der Waals surface area contributed by atoms with Crippen molar-refractivity contribution in [1.82, 2.24) is 0 Å². The number of rotatable bonds is 1. The van der Waals surface area contributed by atoms with Gasteiger partial charge in [0.25, 0.3) is 0 Å². The molecule has 0 aliphatic rings. The third-order valence-corrected chi connectivity index (χ3v) is 2.02. The predicted molar refractivity (Wildman–Crippen MR) is 36.1 cm³/mol. The van der Waals surface area contributed by atoms with Crippen molar-refractivity contribution < 1.29 is 35.1 Å². The minimum Gasteiger partial charge on any atom is -0.744 e. The normalized spacial score (nSPS) is 10.4. The molecule has 0 spiro atoms. The number of phenolic OH excluding ortho intramolecular Hbond substituents is 1. The minimum atomic E-state index is -4.53. The van der Waals surface area contributed by atoms with Crippen LogP contribution in [0, 0.1) is 0 Å². The van der Waals surface area contributed by atoms with Gasteiger partial charge in [0.05, 0.1) is 4.90 Å². The minimum absolute atomic E-state index is 0. The molecular formula is C6H5CuO4S. The third-order valence-electron chi connectivity index (χ3n) is 1.13. The molecule has 0 radical (unpaired) electrons. The Morgan fingerprint density at radius 3 is 2.08 bits per heavy atom. The molecule has 4 nitrogen and oxygen atoms in total. The topological polar surface area (TPSA) is 77.4 Å². The number of aromatic hydroxyl groups is 1. The molecule has 0 heterocycles. The third kappa shape index (κ3) is 2.49. The molecule has 0 aromatic heterocycles. The summed E-state index contributed by atoms with van der Waals surface area (Å²) in [5.41, 5.74) is 0. The molecule has 0 amide bonds. The first kappa shape index (κ1) is 11.4. The van der Waals surface area contributed by atoms with Crippen molar-refractivity contribution in [2.45, 2.75) is 4.90 Å². The Kier molecular flexibility index (Phi) is 3.73. The molecule has 1 N–H and O–H groups in total. The fraction of sp³-hybridized carbons (Fsp3) is 0. The van der Waals surface area contributed by atoms with Crippen molar-refractivity contribution in [3.63, 3.8) is 0 Å². The Morgan fingerprint density at radius 1 is 1.25 bits per heavy atom. The van der Waals surface area contributed by atoms with E-state index in [1.165, 1.54) is 12.1 Å². The van der Waals surface area contributed by atoms with Gasteiger partial charge in [0.1, 0.15) is 15.9 Å². The SMILES string of the molecule is O=S(=O)([O-])c1ccccc1O.[Cu+]. The van der Waals surface area contributed by atoms with E-state index in [-0.39, 0.29) is 17.1 Å². The van der Waals surface area contributed by atoms with Gasteiger partial charge < -0.3 is 9.66 Å². The second-order valence-electron chi connectivity index (χ2n) is 1.92. The molecule has 0 unspecified atom stereocenters. The molecule has 0 fully saturated rings. The maximum absolute atomic E-state index is 10.3. The van der Waals surface area contributed by atoms with Crippen LogP contribution in [0.4, 0.5) is 0 Å². The number of phenols is 1. The molecule has 0 bridgehead atoms. The predicted octanol–water partition coefficient (Wildman–Crippen LogP) is 0.294. The molecule has 0 aliphatic carbocycles. The van der Waals surface area contributed by atoms with Crippen LogP contribution in [0.15, 0.2) is 29.2 Å². The van der Waals surface area contributed by atoms with E-state index in [0.29, 0.717) is 0 Å². The van der Waals surface area contributed by atoms with Gasteiger partial charge in [0.2, 0.25) is 0 Å². The van der Waals surface area contributed by atoms with Crippen LogP contribution in [0.2, 0.25) is 0 Å². The summed E-state index contributed by atoms with van der Waals surface area (Å²) in [7, 11) is -4.53. The monoisotopic (exact) mass is 236 g/mol. The average Bonchev–Trinajstić information content (AvgIpc) is 1.86. The van der Waals surface area contributed by atoms with Crippen molar-refractivity contribution in [3.8, 4) is 5.75 Å². The molecule has 0 saturated heterocycles. The molecule has 0 atom stereocenters. The van der Waals surface area contributed by atoms with Crippen molar-refractivity contribution in [1.29, 1.82) is 0 Å². The molecule has 1 rings (SSSR count). The van der Waals surface area contributed by atoms with Crippen LogP contribution in [-0.2, 0) is 27.2 Å². The Balaban J connectivity index is 0.00000121. The Bertz CT molecular complexity index is 360. The number of hydrogen-bond donors (Lipinski definition) is 1. The summed E-state index contributed by atoms with van der Waals surface area (Å²) in [5.74, 6) is -0.512. The van der Waals surface area contributed by atoms with Crippen LogP contribution in [0.25, 0.3) is 0 Å². The Labute approximate surface area is 80.4 Å². The summed E-state index contributed by atoms with van der Waals surface area (Å²) in [6, 6.07) is 5.00. The standard InChI is InChI=1S/C6H6O4S.Cu/c7-5-3-1-2-4-6(5)11(8,9)10;/h1-4,7H,(H,8,9,10);/q;+1/p-1. The molecule has 12 heavy (non-hydrogen) atoms. The van der Waals surface area contributed by atoms with Gasteiger partial charge >= 0.3 is 17.1 Å². The smallest absolute Gasteiger partial charge is 0.744 e. The second-order valence-corrected chi connectivity index (χ2v) is 3.27. The first-order chi connectivity index (χ1) is 5.02. The van der Waals surface area contributed by atoms with Crippen LogP contribution in [-0.4, -0.2) is 18.1 Å². The van der Waals surface area contributed by atoms with Crippen LogP contribution in [0.1, 0.15) is 0 Å². The summed E-state index contributed by atoms with van der Waals surface area (Å²) >= 11 is 0. The molecule has 1 aromatic carbocycles. The zero-order valence-corrected chi connectivity index (χ0v) is 7.45. The van der Waals surface area contributed by atoms with Crippen molar-refractivity contribution in [3.05, 3.63) is 24.3 Å². The quantitative estimate of drug-likeness (QED) is 0.562. The van der Waals surface area contributed by atoms with E-state index in [4.69, 9.17) is 5.11 Å². The maximum atomic E-state index is 10.3. The molecule has 70 valence electrons.